The van der Waals surface area contributed by atoms with Gasteiger partial charge in [-0.25, -0.2) is 9.78 Å². The molecule has 2 aromatic rings. The zero-order chi connectivity index (χ0) is 13.8. The first kappa shape index (κ1) is 13.7. The topological polar surface area (TPSA) is 88.5 Å². The van der Waals surface area contributed by atoms with E-state index in [4.69, 9.17) is 16.7 Å². The number of nitrogens with zero attached hydrogens (tertiary/aromatic N) is 1. The summed E-state index contributed by atoms with van der Waals surface area (Å²) in [6.07, 6.45) is 0. The number of ether oxygens (including phenoxy) is 1. The molecule has 0 spiro atoms. The van der Waals surface area contributed by atoms with E-state index in [1.165, 1.54) is 11.3 Å². The molecule has 8 heteroatoms. The number of amides is 1. The summed E-state index contributed by atoms with van der Waals surface area (Å²) in [5, 5.41) is 11.9. The lowest BCUT2D eigenvalue weighted by Gasteiger charge is -2.00. The van der Waals surface area contributed by atoms with Crippen molar-refractivity contribution in [2.24, 2.45) is 0 Å². The molecule has 0 saturated carbocycles. The Morgan fingerprint density at radius 1 is 1.42 bits per heavy atom. The van der Waals surface area contributed by atoms with Crippen LogP contribution in [0.5, 0.6) is 0 Å². The van der Waals surface area contributed by atoms with Gasteiger partial charge in [-0.1, -0.05) is 22.9 Å². The van der Waals surface area contributed by atoms with E-state index in [9.17, 15) is 9.59 Å². The highest BCUT2D eigenvalue weighted by Gasteiger charge is 2.09. The van der Waals surface area contributed by atoms with Crippen LogP contribution < -0.4 is 5.32 Å². The minimum atomic E-state index is -1.12. The van der Waals surface area contributed by atoms with Gasteiger partial charge in [-0.05, 0) is 18.2 Å². The first-order chi connectivity index (χ1) is 9.04. The minimum absolute atomic E-state index is 0.330. The zero-order valence-corrected chi connectivity index (χ0v) is 11.1. The smallest absolute Gasteiger partial charge is 0.329 e. The number of carboxylic acids is 1. The van der Waals surface area contributed by atoms with Gasteiger partial charge in [0, 0.05) is 5.02 Å². The maximum absolute atomic E-state index is 11.4. The Kier molecular flexibility index (Phi) is 4.31. The quantitative estimate of drug-likeness (QED) is 0.881. The summed E-state index contributed by atoms with van der Waals surface area (Å²) in [7, 11) is 0. The van der Waals surface area contributed by atoms with Gasteiger partial charge in [0.2, 0.25) is 0 Å². The summed E-state index contributed by atoms with van der Waals surface area (Å²) < 4.78 is 5.52. The molecule has 1 amide bonds. The van der Waals surface area contributed by atoms with Crippen molar-refractivity contribution in [1.82, 2.24) is 4.98 Å². The molecule has 1 aromatic heterocycles. The van der Waals surface area contributed by atoms with Gasteiger partial charge in [0.15, 0.2) is 5.13 Å². The van der Waals surface area contributed by atoms with Gasteiger partial charge in [0.25, 0.3) is 5.91 Å². The molecule has 100 valence electrons. The van der Waals surface area contributed by atoms with Crippen LogP contribution in [0.25, 0.3) is 10.2 Å². The highest BCUT2D eigenvalue weighted by molar-refractivity contribution is 7.22. The largest absolute Gasteiger partial charge is 0.480 e. The number of benzene rings is 1. The molecule has 0 bridgehead atoms. The Hall–Kier alpha value is -1.70. The third-order valence-electron chi connectivity index (χ3n) is 2.06. The summed E-state index contributed by atoms with van der Waals surface area (Å²) in [5.41, 5.74) is 0.733. The number of carbonyl (C=O) groups excluding carboxylic acids is 1. The highest BCUT2D eigenvalue weighted by atomic mass is 35.5. The number of hydrogen-bond donors (Lipinski definition) is 2. The molecular weight excluding hydrogens is 292 g/mol. The fourth-order valence-electron chi connectivity index (χ4n) is 1.34. The number of hydrogen-bond acceptors (Lipinski definition) is 5. The van der Waals surface area contributed by atoms with Crippen LogP contribution in [0.1, 0.15) is 0 Å². The molecule has 0 radical (unpaired) electrons. The van der Waals surface area contributed by atoms with Crippen LogP contribution in [-0.4, -0.2) is 35.2 Å². The van der Waals surface area contributed by atoms with E-state index in [-0.39, 0.29) is 6.61 Å². The second-order valence-electron chi connectivity index (χ2n) is 3.57. The number of nitrogens with one attached hydrogen (secondary N) is 1. The third-order valence-corrected chi connectivity index (χ3v) is 3.22. The number of halogens is 1. The standard InChI is InChI=1S/C11H9ClN2O4S/c12-6-1-2-7-8(3-6)19-11(13-7)14-9(15)4-18-5-10(16)17/h1-3H,4-5H2,(H,16,17)(H,13,14,15). The number of aromatic nitrogens is 1. The van der Waals surface area contributed by atoms with Gasteiger partial charge in [0.1, 0.15) is 13.2 Å². The first-order valence-electron chi connectivity index (χ1n) is 5.20. The Morgan fingerprint density at radius 3 is 2.95 bits per heavy atom. The molecule has 1 heterocycles. The number of rotatable bonds is 5. The van der Waals surface area contributed by atoms with Gasteiger partial charge in [-0.3, -0.25) is 10.1 Å². The van der Waals surface area contributed by atoms with Gasteiger partial charge >= 0.3 is 5.97 Å². The summed E-state index contributed by atoms with van der Waals surface area (Å²) >= 11 is 7.13. The zero-order valence-electron chi connectivity index (χ0n) is 9.55. The second-order valence-corrected chi connectivity index (χ2v) is 5.03. The molecule has 0 aliphatic heterocycles. The average molecular weight is 301 g/mol. The molecule has 0 aliphatic carbocycles. The van der Waals surface area contributed by atoms with Crippen LogP contribution in [-0.2, 0) is 14.3 Å². The number of carboxylic acid groups (broad SMARTS) is 1. The Labute approximate surface area is 117 Å². The lowest BCUT2D eigenvalue weighted by atomic mass is 10.3. The monoisotopic (exact) mass is 300 g/mol. The molecule has 0 unspecified atom stereocenters. The molecule has 19 heavy (non-hydrogen) atoms. The minimum Gasteiger partial charge on any atom is -0.480 e. The highest BCUT2D eigenvalue weighted by Crippen LogP contribution is 2.28. The van der Waals surface area contributed by atoms with Crippen molar-refractivity contribution in [3.63, 3.8) is 0 Å². The predicted molar refractivity (Wildman–Crippen MR) is 71.7 cm³/mol. The predicted octanol–water partition coefficient (Wildman–Crippen LogP) is 1.99. The van der Waals surface area contributed by atoms with Crippen molar-refractivity contribution < 1.29 is 19.4 Å². The molecule has 2 rings (SSSR count). The number of anilines is 1. The van der Waals surface area contributed by atoms with Crippen molar-refractivity contribution in [3.05, 3.63) is 23.2 Å². The average Bonchev–Trinajstić information content (AvgIpc) is 2.69. The van der Waals surface area contributed by atoms with Crippen molar-refractivity contribution in [1.29, 1.82) is 0 Å². The number of thiazole rings is 1. The van der Waals surface area contributed by atoms with Crippen LogP contribution in [0, 0.1) is 0 Å². The summed E-state index contributed by atoms with van der Waals surface area (Å²) in [6.45, 7) is -0.841. The number of carbonyl (C=O) groups is 2. The van der Waals surface area contributed by atoms with Crippen molar-refractivity contribution in [2.75, 3.05) is 18.5 Å². The van der Waals surface area contributed by atoms with Crippen LogP contribution >= 0.6 is 22.9 Å². The van der Waals surface area contributed by atoms with Gasteiger partial charge in [-0.15, -0.1) is 0 Å². The fourth-order valence-corrected chi connectivity index (χ4v) is 2.50. The Morgan fingerprint density at radius 2 is 2.21 bits per heavy atom. The van der Waals surface area contributed by atoms with E-state index < -0.39 is 18.5 Å². The van der Waals surface area contributed by atoms with E-state index in [1.54, 1.807) is 18.2 Å². The summed E-state index contributed by atoms with van der Waals surface area (Å²) in [6, 6.07) is 5.22. The van der Waals surface area contributed by atoms with Crippen molar-refractivity contribution in [3.8, 4) is 0 Å². The van der Waals surface area contributed by atoms with Gasteiger partial charge in [-0.2, -0.15) is 0 Å². The van der Waals surface area contributed by atoms with Gasteiger partial charge in [0.05, 0.1) is 10.2 Å². The van der Waals surface area contributed by atoms with Crippen LogP contribution in [0.15, 0.2) is 18.2 Å². The van der Waals surface area contributed by atoms with E-state index in [0.29, 0.717) is 10.2 Å². The second kappa shape index (κ2) is 5.96. The van der Waals surface area contributed by atoms with E-state index in [2.05, 4.69) is 15.0 Å². The van der Waals surface area contributed by atoms with E-state index in [0.717, 1.165) is 10.2 Å². The van der Waals surface area contributed by atoms with Gasteiger partial charge < -0.3 is 9.84 Å². The van der Waals surface area contributed by atoms with Crippen LogP contribution in [0.2, 0.25) is 5.02 Å². The molecule has 2 N–H and O–H groups in total. The lowest BCUT2D eigenvalue weighted by Crippen LogP contribution is -2.20. The Bertz CT molecular complexity index is 628. The van der Waals surface area contributed by atoms with Crippen LogP contribution in [0.3, 0.4) is 0 Å². The van der Waals surface area contributed by atoms with Crippen LogP contribution in [0.4, 0.5) is 5.13 Å². The maximum atomic E-state index is 11.4. The Balaban J connectivity index is 1.97. The van der Waals surface area contributed by atoms with E-state index >= 15 is 0 Å². The van der Waals surface area contributed by atoms with Crippen molar-refractivity contribution >= 4 is 50.2 Å². The normalized spacial score (nSPS) is 10.6. The molecule has 0 aliphatic rings. The fraction of sp³-hybridized carbons (Fsp3) is 0.182. The SMILES string of the molecule is O=C(O)COCC(=O)Nc1nc2ccc(Cl)cc2s1. The lowest BCUT2D eigenvalue weighted by molar-refractivity contribution is -0.143. The maximum Gasteiger partial charge on any atom is 0.329 e. The summed E-state index contributed by atoms with van der Waals surface area (Å²) in [4.78, 5) is 25.9. The summed E-state index contributed by atoms with van der Waals surface area (Å²) in [5.74, 6) is -1.58. The molecule has 0 atom stereocenters. The first-order valence-corrected chi connectivity index (χ1v) is 6.39. The molecular formula is C11H9ClN2O4S. The molecule has 0 saturated heterocycles. The van der Waals surface area contributed by atoms with E-state index in [1.807, 2.05) is 0 Å². The molecule has 1 aromatic carbocycles. The molecule has 6 nitrogen and oxygen atoms in total. The van der Waals surface area contributed by atoms with Crippen molar-refractivity contribution in [2.45, 2.75) is 0 Å². The molecule has 0 fully saturated rings. The number of aliphatic carboxylic acids is 1. The third kappa shape index (κ3) is 3.88. The number of fused-ring (bicyclic) bond motifs is 1.